The normalized spacial score (nSPS) is 19.0. The van der Waals surface area contributed by atoms with Gasteiger partial charge >= 0.3 is 0 Å². The van der Waals surface area contributed by atoms with Gasteiger partial charge in [-0.05, 0) is 59.7 Å². The fourth-order valence-electron chi connectivity index (χ4n) is 2.94. The number of aryl methyl sites for hydroxylation is 1. The first-order valence-electron chi connectivity index (χ1n) is 8.12. The van der Waals surface area contributed by atoms with E-state index in [0.717, 1.165) is 27.5 Å². The Morgan fingerprint density at radius 2 is 1.96 bits per heavy atom. The van der Waals surface area contributed by atoms with Crippen molar-refractivity contribution in [1.29, 1.82) is 0 Å². The molecular weight excluding hydrogens is 322 g/mol. The van der Waals surface area contributed by atoms with Crippen LogP contribution < -0.4 is 5.32 Å². The number of halogens is 2. The molecule has 1 amide bonds. The third kappa shape index (κ3) is 3.09. The van der Waals surface area contributed by atoms with Crippen molar-refractivity contribution >= 4 is 22.5 Å². The molecule has 2 atom stereocenters. The lowest BCUT2D eigenvalue weighted by atomic mass is 9.98. The molecule has 0 bridgehead atoms. The number of rotatable bonds is 3. The van der Waals surface area contributed by atoms with Gasteiger partial charge in [-0.2, -0.15) is 0 Å². The first-order valence-corrected chi connectivity index (χ1v) is 8.12. The van der Waals surface area contributed by atoms with Crippen LogP contribution in [-0.2, 0) is 4.79 Å². The Morgan fingerprint density at radius 1 is 1.16 bits per heavy atom. The second kappa shape index (κ2) is 5.92. The van der Waals surface area contributed by atoms with Crippen molar-refractivity contribution in [2.75, 3.05) is 5.32 Å². The topological polar surface area (TPSA) is 42.0 Å². The molecular formula is C20H16F2N2O. The Balaban J connectivity index is 1.64. The van der Waals surface area contributed by atoms with Crippen molar-refractivity contribution in [3.8, 4) is 11.1 Å². The van der Waals surface area contributed by atoms with Gasteiger partial charge < -0.3 is 5.32 Å². The molecule has 0 spiro atoms. The summed E-state index contributed by atoms with van der Waals surface area (Å²) in [6.07, 6.45) is 0.913. The number of hydrogen-bond acceptors (Lipinski definition) is 2. The fourth-order valence-corrected chi connectivity index (χ4v) is 2.94. The van der Waals surface area contributed by atoms with Gasteiger partial charge in [0.2, 0.25) is 5.91 Å². The Labute approximate surface area is 143 Å². The van der Waals surface area contributed by atoms with Crippen LogP contribution in [0.15, 0.2) is 48.7 Å². The van der Waals surface area contributed by atoms with Gasteiger partial charge in [-0.25, -0.2) is 13.8 Å². The van der Waals surface area contributed by atoms with Crippen molar-refractivity contribution in [2.45, 2.75) is 19.5 Å². The number of fused-ring (bicyclic) bond motifs is 1. The lowest BCUT2D eigenvalue weighted by Gasteiger charge is -2.09. The first-order chi connectivity index (χ1) is 12.0. The van der Waals surface area contributed by atoms with Crippen molar-refractivity contribution in [2.24, 2.45) is 5.92 Å². The highest BCUT2D eigenvalue weighted by Gasteiger charge is 2.43. The van der Waals surface area contributed by atoms with E-state index < -0.39 is 12.1 Å². The van der Waals surface area contributed by atoms with E-state index in [0.29, 0.717) is 5.82 Å². The number of alkyl halides is 1. The van der Waals surface area contributed by atoms with Crippen LogP contribution in [0.4, 0.5) is 14.6 Å². The SMILES string of the molecule is Cc1ccc(F)cc1-c1ccc2cc(NC(=O)C3C[C@@H]3F)ncc2c1. The van der Waals surface area contributed by atoms with Gasteiger partial charge in [0.25, 0.3) is 0 Å². The molecule has 5 heteroatoms. The summed E-state index contributed by atoms with van der Waals surface area (Å²) in [5.74, 6) is -0.739. The number of amides is 1. The number of nitrogens with zero attached hydrogens (tertiary/aromatic N) is 1. The number of pyridine rings is 1. The Kier molecular flexibility index (Phi) is 3.71. The third-order valence-electron chi connectivity index (χ3n) is 4.53. The zero-order chi connectivity index (χ0) is 17.6. The molecule has 1 N–H and O–H groups in total. The van der Waals surface area contributed by atoms with Crippen LogP contribution in [0.5, 0.6) is 0 Å². The van der Waals surface area contributed by atoms with E-state index in [-0.39, 0.29) is 18.1 Å². The lowest BCUT2D eigenvalue weighted by Crippen LogP contribution is -2.15. The highest BCUT2D eigenvalue weighted by molar-refractivity contribution is 5.96. The van der Waals surface area contributed by atoms with E-state index in [2.05, 4.69) is 10.3 Å². The molecule has 1 unspecified atom stereocenters. The summed E-state index contributed by atoms with van der Waals surface area (Å²) in [5.41, 5.74) is 2.73. The number of carbonyl (C=O) groups is 1. The molecule has 126 valence electrons. The van der Waals surface area contributed by atoms with Crippen LogP contribution in [-0.4, -0.2) is 17.1 Å². The number of benzene rings is 2. The summed E-state index contributed by atoms with van der Waals surface area (Å²) >= 11 is 0. The molecule has 3 aromatic rings. The van der Waals surface area contributed by atoms with Gasteiger partial charge in [0.15, 0.2) is 0 Å². The second-order valence-electron chi connectivity index (χ2n) is 6.44. The zero-order valence-corrected chi connectivity index (χ0v) is 13.6. The standard InChI is InChI=1S/C20H16F2N2O/c1-11-2-5-15(21)8-16(11)13-4-3-12-7-19(23-10-14(12)6-13)24-20(25)17-9-18(17)22/h2-8,10,17-18H,9H2,1H3,(H,23,24,25)/t17?,18-/m0/s1. The summed E-state index contributed by atoms with van der Waals surface area (Å²) in [7, 11) is 0. The largest absolute Gasteiger partial charge is 0.310 e. The van der Waals surface area contributed by atoms with Crippen LogP contribution >= 0.6 is 0 Å². The summed E-state index contributed by atoms with van der Waals surface area (Å²) in [5, 5.41) is 4.43. The zero-order valence-electron chi connectivity index (χ0n) is 13.6. The van der Waals surface area contributed by atoms with Gasteiger partial charge in [0.1, 0.15) is 17.8 Å². The monoisotopic (exact) mass is 338 g/mol. The predicted octanol–water partition coefficient (Wildman–Crippen LogP) is 4.65. The number of carbonyl (C=O) groups excluding carboxylic acids is 1. The van der Waals surface area contributed by atoms with Gasteiger partial charge in [-0.3, -0.25) is 4.79 Å². The van der Waals surface area contributed by atoms with E-state index in [9.17, 15) is 13.6 Å². The Bertz CT molecular complexity index is 987. The maximum atomic E-state index is 13.5. The fraction of sp³-hybridized carbons (Fsp3) is 0.200. The third-order valence-corrected chi connectivity index (χ3v) is 4.53. The molecule has 4 rings (SSSR count). The molecule has 1 fully saturated rings. The summed E-state index contributed by atoms with van der Waals surface area (Å²) < 4.78 is 26.5. The Morgan fingerprint density at radius 3 is 2.72 bits per heavy atom. The lowest BCUT2D eigenvalue weighted by molar-refractivity contribution is -0.117. The molecule has 0 saturated heterocycles. The van der Waals surface area contributed by atoms with Crippen molar-refractivity contribution in [3.63, 3.8) is 0 Å². The van der Waals surface area contributed by atoms with Crippen LogP contribution in [0, 0.1) is 18.7 Å². The molecule has 25 heavy (non-hydrogen) atoms. The summed E-state index contributed by atoms with van der Waals surface area (Å²) in [4.78, 5) is 16.0. The highest BCUT2D eigenvalue weighted by Crippen LogP contribution is 2.35. The van der Waals surface area contributed by atoms with Crippen LogP contribution in [0.1, 0.15) is 12.0 Å². The molecule has 1 aliphatic rings. The van der Waals surface area contributed by atoms with E-state index in [1.54, 1.807) is 18.3 Å². The number of anilines is 1. The minimum Gasteiger partial charge on any atom is -0.310 e. The second-order valence-corrected chi connectivity index (χ2v) is 6.44. The van der Waals surface area contributed by atoms with E-state index >= 15 is 0 Å². The number of hydrogen-bond donors (Lipinski definition) is 1. The van der Waals surface area contributed by atoms with Crippen LogP contribution in [0.2, 0.25) is 0 Å². The maximum absolute atomic E-state index is 13.5. The van der Waals surface area contributed by atoms with Crippen LogP contribution in [0.25, 0.3) is 21.9 Å². The van der Waals surface area contributed by atoms with Gasteiger partial charge in [-0.1, -0.05) is 18.2 Å². The van der Waals surface area contributed by atoms with Gasteiger partial charge in [-0.15, -0.1) is 0 Å². The van der Waals surface area contributed by atoms with E-state index in [1.807, 2.05) is 25.1 Å². The summed E-state index contributed by atoms with van der Waals surface area (Å²) in [6.45, 7) is 1.94. The molecule has 1 heterocycles. The number of nitrogens with one attached hydrogen (secondary N) is 1. The Hall–Kier alpha value is -2.82. The minimum absolute atomic E-state index is 0.275. The van der Waals surface area contributed by atoms with Crippen molar-refractivity contribution in [3.05, 3.63) is 60.0 Å². The average molecular weight is 338 g/mol. The molecule has 0 aliphatic heterocycles. The molecule has 2 aromatic carbocycles. The molecule has 1 aromatic heterocycles. The van der Waals surface area contributed by atoms with Crippen molar-refractivity contribution in [1.82, 2.24) is 4.98 Å². The molecule has 3 nitrogen and oxygen atoms in total. The van der Waals surface area contributed by atoms with Crippen LogP contribution in [0.3, 0.4) is 0 Å². The van der Waals surface area contributed by atoms with Crippen molar-refractivity contribution < 1.29 is 13.6 Å². The van der Waals surface area contributed by atoms with Gasteiger partial charge in [0, 0.05) is 11.6 Å². The van der Waals surface area contributed by atoms with E-state index in [4.69, 9.17) is 0 Å². The molecule has 1 aliphatic carbocycles. The average Bonchev–Trinajstić information content (AvgIpc) is 3.33. The highest BCUT2D eigenvalue weighted by atomic mass is 19.1. The van der Waals surface area contributed by atoms with Gasteiger partial charge in [0.05, 0.1) is 5.92 Å². The number of aromatic nitrogens is 1. The first kappa shape index (κ1) is 15.7. The summed E-state index contributed by atoms with van der Waals surface area (Å²) in [6, 6.07) is 12.2. The molecule has 0 radical (unpaired) electrons. The quantitative estimate of drug-likeness (QED) is 0.755. The van der Waals surface area contributed by atoms with E-state index in [1.165, 1.54) is 12.1 Å². The minimum atomic E-state index is -1.03. The smallest absolute Gasteiger partial charge is 0.231 e. The predicted molar refractivity (Wildman–Crippen MR) is 93.5 cm³/mol. The molecule has 1 saturated carbocycles. The maximum Gasteiger partial charge on any atom is 0.231 e.